The number of benzene rings is 1. The zero-order valence-corrected chi connectivity index (χ0v) is 16.2. The van der Waals surface area contributed by atoms with Gasteiger partial charge in [-0.3, -0.25) is 0 Å². The van der Waals surface area contributed by atoms with Crippen LogP contribution in [0.5, 0.6) is 0 Å². The summed E-state index contributed by atoms with van der Waals surface area (Å²) in [5.41, 5.74) is -0.417. The van der Waals surface area contributed by atoms with Gasteiger partial charge in [-0.25, -0.2) is 9.38 Å². The van der Waals surface area contributed by atoms with E-state index in [4.69, 9.17) is 4.42 Å². The summed E-state index contributed by atoms with van der Waals surface area (Å²) in [4.78, 5) is 4.43. The molecule has 1 unspecified atom stereocenters. The number of rotatable bonds is 6. The summed E-state index contributed by atoms with van der Waals surface area (Å²) in [5, 5.41) is 16.8. The summed E-state index contributed by atoms with van der Waals surface area (Å²) >= 11 is 3.13. The minimum absolute atomic E-state index is 0.223. The van der Waals surface area contributed by atoms with Crippen LogP contribution < -0.4 is 10.6 Å². The average Bonchev–Trinajstić information content (AvgIpc) is 3.01. The van der Waals surface area contributed by atoms with Crippen LogP contribution >= 0.6 is 15.9 Å². The van der Waals surface area contributed by atoms with Crippen molar-refractivity contribution in [3.8, 4) is 0 Å². The first-order chi connectivity index (χ1) is 11.8. The van der Waals surface area contributed by atoms with Gasteiger partial charge in [-0.1, -0.05) is 6.07 Å². The molecule has 5 nitrogen and oxygen atoms in total. The van der Waals surface area contributed by atoms with E-state index in [-0.39, 0.29) is 12.4 Å². The van der Waals surface area contributed by atoms with E-state index < -0.39 is 5.60 Å². The van der Waals surface area contributed by atoms with Crippen molar-refractivity contribution in [2.24, 2.45) is 4.99 Å². The number of hydrogen-bond donors (Lipinski definition) is 3. The van der Waals surface area contributed by atoms with Crippen molar-refractivity contribution >= 4 is 21.9 Å². The lowest BCUT2D eigenvalue weighted by Crippen LogP contribution is -2.44. The van der Waals surface area contributed by atoms with Crippen LogP contribution in [-0.2, 0) is 12.1 Å². The highest BCUT2D eigenvalue weighted by molar-refractivity contribution is 9.10. The second-order valence-corrected chi connectivity index (χ2v) is 6.84. The summed E-state index contributed by atoms with van der Waals surface area (Å²) in [5.74, 6) is 1.45. The fourth-order valence-corrected chi connectivity index (χ4v) is 2.46. The van der Waals surface area contributed by atoms with Crippen molar-refractivity contribution in [1.82, 2.24) is 10.6 Å². The Morgan fingerprint density at radius 2 is 2.08 bits per heavy atom. The van der Waals surface area contributed by atoms with Crippen molar-refractivity contribution in [1.29, 1.82) is 0 Å². The zero-order chi connectivity index (χ0) is 18.4. The first kappa shape index (κ1) is 19.5. The maximum absolute atomic E-state index is 13.6. The molecule has 1 aromatic carbocycles. The van der Waals surface area contributed by atoms with Crippen LogP contribution in [-0.4, -0.2) is 24.2 Å². The standard InChI is InChI=1S/C18H23BrFN3O2/c1-4-21-17(22-10-13-6-7-14(19)15(20)9-13)23-11-18(3,24)16-8-5-12(2)25-16/h5-9,24H,4,10-11H2,1-3H3,(H2,21,22,23). The van der Waals surface area contributed by atoms with Gasteiger partial charge in [-0.15, -0.1) is 0 Å². The Balaban J connectivity index is 2.03. The van der Waals surface area contributed by atoms with Crippen LogP contribution in [0.25, 0.3) is 0 Å². The number of hydrogen-bond acceptors (Lipinski definition) is 3. The highest BCUT2D eigenvalue weighted by Crippen LogP contribution is 2.22. The van der Waals surface area contributed by atoms with Crippen molar-refractivity contribution in [2.45, 2.75) is 32.9 Å². The van der Waals surface area contributed by atoms with E-state index in [0.29, 0.717) is 29.3 Å². The summed E-state index contributed by atoms with van der Waals surface area (Å²) < 4.78 is 19.5. The smallest absolute Gasteiger partial charge is 0.191 e. The lowest BCUT2D eigenvalue weighted by molar-refractivity contribution is 0.0378. The Hall–Kier alpha value is -1.86. The van der Waals surface area contributed by atoms with E-state index in [0.717, 1.165) is 11.3 Å². The van der Waals surface area contributed by atoms with Gasteiger partial charge in [0, 0.05) is 6.54 Å². The Morgan fingerprint density at radius 1 is 1.32 bits per heavy atom. The SMILES string of the molecule is CCNC(=NCc1ccc(Br)c(F)c1)NCC(C)(O)c1ccc(C)o1. The van der Waals surface area contributed by atoms with Crippen molar-refractivity contribution in [3.05, 3.63) is 57.7 Å². The maximum Gasteiger partial charge on any atom is 0.191 e. The molecule has 136 valence electrons. The minimum atomic E-state index is -1.17. The lowest BCUT2D eigenvalue weighted by atomic mass is 10.0. The summed E-state index contributed by atoms with van der Waals surface area (Å²) in [6.07, 6.45) is 0. The number of guanidine groups is 1. The van der Waals surface area contributed by atoms with E-state index >= 15 is 0 Å². The Labute approximate surface area is 155 Å². The molecular formula is C18H23BrFN3O2. The number of aliphatic hydroxyl groups is 1. The molecule has 2 aromatic rings. The van der Waals surface area contributed by atoms with Gasteiger partial charge < -0.3 is 20.2 Å². The zero-order valence-electron chi connectivity index (χ0n) is 14.6. The first-order valence-electron chi connectivity index (χ1n) is 8.07. The maximum atomic E-state index is 13.6. The van der Waals surface area contributed by atoms with Gasteiger partial charge in [-0.2, -0.15) is 0 Å². The predicted octanol–water partition coefficient (Wildman–Crippen LogP) is 3.45. The number of aryl methyl sites for hydroxylation is 1. The van der Waals surface area contributed by atoms with Gasteiger partial charge >= 0.3 is 0 Å². The van der Waals surface area contributed by atoms with Crippen LogP contribution in [0.15, 0.2) is 44.2 Å². The molecular weight excluding hydrogens is 389 g/mol. The lowest BCUT2D eigenvalue weighted by Gasteiger charge is -2.22. The van der Waals surface area contributed by atoms with Crippen LogP contribution in [0.2, 0.25) is 0 Å². The third-order valence-electron chi connectivity index (χ3n) is 3.62. The van der Waals surface area contributed by atoms with Gasteiger partial charge in [0.15, 0.2) is 5.96 Å². The van der Waals surface area contributed by atoms with Gasteiger partial charge in [0.25, 0.3) is 0 Å². The predicted molar refractivity (Wildman–Crippen MR) is 99.9 cm³/mol. The van der Waals surface area contributed by atoms with E-state index in [9.17, 15) is 9.50 Å². The quantitative estimate of drug-likeness (QED) is 0.502. The fraction of sp³-hybridized carbons (Fsp3) is 0.389. The second-order valence-electron chi connectivity index (χ2n) is 5.98. The van der Waals surface area contributed by atoms with E-state index in [1.165, 1.54) is 6.07 Å². The van der Waals surface area contributed by atoms with Gasteiger partial charge in [0.1, 0.15) is 22.9 Å². The van der Waals surface area contributed by atoms with E-state index in [1.807, 2.05) is 26.0 Å². The number of nitrogens with one attached hydrogen (secondary N) is 2. The third kappa shape index (κ3) is 5.57. The average molecular weight is 412 g/mol. The summed E-state index contributed by atoms with van der Waals surface area (Å²) in [6.45, 7) is 6.66. The molecule has 0 saturated heterocycles. The molecule has 3 N–H and O–H groups in total. The second kappa shape index (κ2) is 8.49. The highest BCUT2D eigenvalue weighted by Gasteiger charge is 2.27. The molecule has 0 saturated carbocycles. The molecule has 0 fully saturated rings. The van der Waals surface area contributed by atoms with Crippen molar-refractivity contribution in [2.75, 3.05) is 13.1 Å². The Kier molecular flexibility index (Phi) is 6.61. The number of nitrogens with zero attached hydrogens (tertiary/aromatic N) is 1. The molecule has 0 aliphatic heterocycles. The van der Waals surface area contributed by atoms with Crippen LogP contribution in [0.1, 0.15) is 30.9 Å². The van der Waals surface area contributed by atoms with E-state index in [2.05, 4.69) is 31.6 Å². The first-order valence-corrected chi connectivity index (χ1v) is 8.86. The molecule has 1 heterocycles. The fourth-order valence-electron chi connectivity index (χ4n) is 2.22. The monoisotopic (exact) mass is 411 g/mol. The van der Waals surface area contributed by atoms with Crippen LogP contribution in [0, 0.1) is 12.7 Å². The molecule has 0 amide bonds. The van der Waals surface area contributed by atoms with Gasteiger partial charge in [-0.05, 0) is 66.5 Å². The molecule has 1 aromatic heterocycles. The molecule has 0 aliphatic carbocycles. The molecule has 7 heteroatoms. The molecule has 2 rings (SSSR count). The molecule has 0 bridgehead atoms. The molecule has 0 aliphatic rings. The Morgan fingerprint density at radius 3 is 2.68 bits per heavy atom. The normalized spacial score (nSPS) is 14.2. The van der Waals surface area contributed by atoms with Crippen LogP contribution in [0.3, 0.4) is 0 Å². The summed E-state index contributed by atoms with van der Waals surface area (Å²) in [6, 6.07) is 8.47. The summed E-state index contributed by atoms with van der Waals surface area (Å²) in [7, 11) is 0. The Bertz CT molecular complexity index is 744. The van der Waals surface area contributed by atoms with Gasteiger partial charge in [0.2, 0.25) is 0 Å². The number of aliphatic imine (C=N–C) groups is 1. The number of halogens is 2. The highest BCUT2D eigenvalue weighted by atomic mass is 79.9. The van der Waals surface area contributed by atoms with E-state index in [1.54, 1.807) is 19.1 Å². The molecule has 1 atom stereocenters. The van der Waals surface area contributed by atoms with Crippen LogP contribution in [0.4, 0.5) is 4.39 Å². The molecule has 0 radical (unpaired) electrons. The van der Waals surface area contributed by atoms with Gasteiger partial charge in [0.05, 0.1) is 17.6 Å². The largest absolute Gasteiger partial charge is 0.463 e. The van der Waals surface area contributed by atoms with Crippen molar-refractivity contribution in [3.63, 3.8) is 0 Å². The molecule has 0 spiro atoms. The topological polar surface area (TPSA) is 69.8 Å². The third-order valence-corrected chi connectivity index (χ3v) is 4.26. The van der Waals surface area contributed by atoms with Crippen molar-refractivity contribution < 1.29 is 13.9 Å². The minimum Gasteiger partial charge on any atom is -0.463 e. The number of furan rings is 1. The molecule has 25 heavy (non-hydrogen) atoms.